The molecule has 636 valence electrons. The third-order valence-electron chi connectivity index (χ3n) is 23.2. The van der Waals surface area contributed by atoms with Crippen molar-refractivity contribution in [2.45, 2.75) is 6.92 Å². The summed E-state index contributed by atoms with van der Waals surface area (Å²) in [5.74, 6) is 1.85. The van der Waals surface area contributed by atoms with Crippen LogP contribution in [0.2, 0.25) is 0 Å². The molecule has 23 aromatic rings. The number of pyridine rings is 9. The molecule has 11 aromatic carbocycles. The van der Waals surface area contributed by atoms with Crippen molar-refractivity contribution in [3.63, 3.8) is 0 Å². The predicted octanol–water partition coefficient (Wildman–Crippen LogP) is 28.6. The number of aryl methyl sites for hydroxylation is 1. The molecular weight excluding hydrogens is 1650 g/mol. The van der Waals surface area contributed by atoms with Crippen molar-refractivity contribution in [3.8, 4) is 203 Å². The quantitative estimate of drug-likeness (QED) is 0.0787. The summed E-state index contributed by atoms with van der Waals surface area (Å²) in [4.78, 5) is 73.9. The lowest BCUT2D eigenvalue weighted by Crippen LogP contribution is -1.97. The van der Waals surface area contributed by atoms with Gasteiger partial charge < -0.3 is 0 Å². The molecule has 12 aromatic heterocycles. The Morgan fingerprint density at radius 3 is 0.748 bits per heavy atom. The van der Waals surface area contributed by atoms with Crippen LogP contribution in [-0.4, -0.2) is 74.8 Å². The summed E-state index contributed by atoms with van der Waals surface area (Å²) in [6.45, 7) is 2.03. The maximum Gasteiger partial charge on any atom is 0.161 e. The molecule has 12 heterocycles. The summed E-state index contributed by atoms with van der Waals surface area (Å²) in [6, 6.07) is 149. The highest BCUT2D eigenvalue weighted by atomic mass is 14.9. The minimum Gasteiger partial charge on any atom is -0.254 e. The number of benzene rings is 11. The monoisotopic (exact) mass is 1730 g/mol. The summed E-state index contributed by atoms with van der Waals surface area (Å²) in [7, 11) is 0. The van der Waals surface area contributed by atoms with Crippen LogP contribution in [0, 0.1) is 6.92 Å². The zero-order valence-corrected chi connectivity index (χ0v) is 73.2. The van der Waals surface area contributed by atoms with Gasteiger partial charge in [-0.2, -0.15) is 0 Å². The van der Waals surface area contributed by atoms with Gasteiger partial charge in [-0.05, 0) is 167 Å². The van der Waals surface area contributed by atoms with Crippen molar-refractivity contribution in [1.29, 1.82) is 0 Å². The lowest BCUT2D eigenvalue weighted by molar-refractivity contribution is 1.16. The van der Waals surface area contributed by atoms with E-state index in [4.69, 9.17) is 69.8 Å². The maximum atomic E-state index is 5.10. The first-order valence-electron chi connectivity index (χ1n) is 44.5. The summed E-state index contributed by atoms with van der Waals surface area (Å²) >= 11 is 0. The lowest BCUT2D eigenvalue weighted by Gasteiger charge is -2.12. The fourth-order valence-corrected chi connectivity index (χ4v) is 16.2. The largest absolute Gasteiger partial charge is 0.254 e. The zero-order valence-electron chi connectivity index (χ0n) is 73.2. The third kappa shape index (κ3) is 19.2. The molecule has 23 rings (SSSR count). The first-order chi connectivity index (χ1) is 66.7. The lowest BCUT2D eigenvalue weighted by atomic mass is 10.0. The highest BCUT2D eigenvalue weighted by Gasteiger charge is 2.21. The minimum absolute atomic E-state index is 0.617. The van der Waals surface area contributed by atoms with Crippen LogP contribution in [0.15, 0.2) is 474 Å². The molecule has 15 heteroatoms. The van der Waals surface area contributed by atoms with Gasteiger partial charge in [-0.3, -0.25) is 24.9 Å². The molecule has 0 bridgehead atoms. The number of rotatable bonds is 18. The normalized spacial score (nSPS) is 11.0. The van der Waals surface area contributed by atoms with Gasteiger partial charge in [0.1, 0.15) is 0 Å². The van der Waals surface area contributed by atoms with Gasteiger partial charge in [0.15, 0.2) is 17.5 Å². The number of fused-ring (bicyclic) bond motifs is 2. The van der Waals surface area contributed by atoms with Gasteiger partial charge in [0.25, 0.3) is 0 Å². The molecular formula is C120H81N15. The SMILES string of the molecule is Cc1ccc(-c2cc(-c3ccccc3)cc(-c3ccc(-c4nc(-c5ccccc5)cc(-c5ccccc5)n4)cn3)n2)nc1.c1ccc(-c2cc(-c3ccc(-c4nc(-c5ccccc5)cc(-c5ccccc5)n4)cn3)nc(-c3ccc4ccccc4n3)c2)cc1.c1ccc(-c2cc(-c3ccc(-c4nc(-c5ccccc5)cc(-c5ccccc5)n4)cn3)nc(-c3nccc4ccccc34)c2)cc1. The Morgan fingerprint density at radius 2 is 0.422 bits per heavy atom. The topological polar surface area (TPSA) is 193 Å². The number of hydrogen-bond donors (Lipinski definition) is 0. The van der Waals surface area contributed by atoms with E-state index in [-0.39, 0.29) is 0 Å². The highest BCUT2D eigenvalue weighted by molar-refractivity contribution is 5.95. The smallest absolute Gasteiger partial charge is 0.161 e. The summed E-state index contributed by atoms with van der Waals surface area (Å²) in [5, 5.41) is 3.27. The highest BCUT2D eigenvalue weighted by Crippen LogP contribution is 2.39. The van der Waals surface area contributed by atoms with E-state index in [0.717, 1.165) is 213 Å². The molecule has 0 saturated heterocycles. The van der Waals surface area contributed by atoms with E-state index in [1.807, 2.05) is 305 Å². The standard InChI is InChI=1S/2C41H27N5.C38H27N5/c1-4-12-28(13-5-1)33-24-38(44-39(25-33)40-34-19-11-10-14-29(34)22-23-42-40)35-21-20-32(27-43-35)41-45-36(30-15-6-2-7-16-30)26-37(46-41)31-17-8-3-9-18-31;1-4-12-28(13-5-1)33-24-39(44-40(25-33)36-23-20-31-18-10-11-19-34(31)43-36)35-22-21-32(27-42-35)41-45-37(29-14-6-2-7-15-29)26-38(46-41)30-16-8-3-9-17-30;1-26-17-19-32(39-24-26)36-21-31(27-11-5-2-6-12-27)22-37(41-36)33-20-18-30(25-40-33)38-42-34(28-13-7-3-8-14-28)23-35(43-38)29-15-9-4-10-16-29/h2*1-27H;2-25H,1H3. The molecule has 15 nitrogen and oxygen atoms in total. The average Bonchev–Trinajstić information content (AvgIpc) is 0.837. The molecule has 0 amide bonds. The van der Waals surface area contributed by atoms with Gasteiger partial charge in [-0.25, -0.2) is 49.8 Å². The zero-order chi connectivity index (χ0) is 90.4. The predicted molar refractivity (Wildman–Crippen MR) is 544 cm³/mol. The molecule has 0 aliphatic rings. The second-order valence-corrected chi connectivity index (χ2v) is 32.3. The van der Waals surface area contributed by atoms with Gasteiger partial charge in [0, 0.05) is 91.8 Å². The Morgan fingerprint density at radius 1 is 0.148 bits per heavy atom. The molecule has 0 unspecified atom stereocenters. The fraction of sp³-hybridized carbons (Fsp3) is 0.00833. The van der Waals surface area contributed by atoms with E-state index < -0.39 is 0 Å². The summed E-state index contributed by atoms with van der Waals surface area (Å²) in [5.41, 5.74) is 31.8. The average molecular weight is 1730 g/mol. The molecule has 0 N–H and O–H groups in total. The van der Waals surface area contributed by atoms with Gasteiger partial charge in [0.05, 0.1) is 108 Å². The van der Waals surface area contributed by atoms with Crippen LogP contribution in [0.4, 0.5) is 0 Å². The Labute approximate surface area is 781 Å². The maximum absolute atomic E-state index is 5.10. The van der Waals surface area contributed by atoms with Gasteiger partial charge in [0.2, 0.25) is 0 Å². The second-order valence-electron chi connectivity index (χ2n) is 32.3. The number of nitrogens with zero attached hydrogens (tertiary/aromatic N) is 15. The first-order valence-corrected chi connectivity index (χ1v) is 44.5. The van der Waals surface area contributed by atoms with E-state index in [9.17, 15) is 0 Å². The Hall–Kier alpha value is -18.5. The van der Waals surface area contributed by atoms with Gasteiger partial charge >= 0.3 is 0 Å². The van der Waals surface area contributed by atoms with Crippen LogP contribution in [0.5, 0.6) is 0 Å². The molecule has 0 aliphatic carbocycles. The molecule has 0 saturated carbocycles. The number of para-hydroxylation sites is 1. The fourth-order valence-electron chi connectivity index (χ4n) is 16.2. The third-order valence-corrected chi connectivity index (χ3v) is 23.2. The van der Waals surface area contributed by atoms with Crippen LogP contribution in [0.3, 0.4) is 0 Å². The Balaban J connectivity index is 0.000000121. The number of hydrogen-bond acceptors (Lipinski definition) is 15. The van der Waals surface area contributed by atoms with E-state index in [1.165, 1.54) is 0 Å². The van der Waals surface area contributed by atoms with E-state index >= 15 is 0 Å². The molecule has 0 aliphatic heterocycles. The van der Waals surface area contributed by atoms with Gasteiger partial charge in [-0.1, -0.05) is 328 Å². The molecule has 0 radical (unpaired) electrons. The first kappa shape index (κ1) is 83.4. The molecule has 135 heavy (non-hydrogen) atoms. The van der Waals surface area contributed by atoms with Crippen molar-refractivity contribution in [1.82, 2.24) is 74.8 Å². The molecule has 0 fully saturated rings. The van der Waals surface area contributed by atoms with Crippen molar-refractivity contribution in [2.75, 3.05) is 0 Å². The van der Waals surface area contributed by atoms with E-state index in [2.05, 4.69) is 181 Å². The van der Waals surface area contributed by atoms with Crippen LogP contribution in [0.25, 0.3) is 225 Å². The van der Waals surface area contributed by atoms with Crippen LogP contribution < -0.4 is 0 Å². The van der Waals surface area contributed by atoms with E-state index in [1.54, 1.807) is 0 Å². The van der Waals surface area contributed by atoms with Crippen molar-refractivity contribution in [2.24, 2.45) is 0 Å². The van der Waals surface area contributed by atoms with Gasteiger partial charge in [-0.15, -0.1) is 0 Å². The van der Waals surface area contributed by atoms with E-state index in [0.29, 0.717) is 17.5 Å². The van der Waals surface area contributed by atoms with Crippen LogP contribution in [-0.2, 0) is 0 Å². The molecule has 0 spiro atoms. The van der Waals surface area contributed by atoms with Crippen molar-refractivity contribution in [3.05, 3.63) is 479 Å². The van der Waals surface area contributed by atoms with Crippen molar-refractivity contribution >= 4 is 21.7 Å². The second kappa shape index (κ2) is 38.8. The van der Waals surface area contributed by atoms with Crippen LogP contribution in [0.1, 0.15) is 5.56 Å². The Bertz CT molecular complexity index is 7900. The minimum atomic E-state index is 0.617. The van der Waals surface area contributed by atoms with Crippen LogP contribution >= 0.6 is 0 Å². The molecule has 0 atom stereocenters. The number of aromatic nitrogens is 15. The summed E-state index contributed by atoms with van der Waals surface area (Å²) < 4.78 is 0. The Kier molecular flexibility index (Phi) is 24.0. The summed E-state index contributed by atoms with van der Waals surface area (Å²) in [6.07, 6.45) is 9.20. The van der Waals surface area contributed by atoms with Crippen molar-refractivity contribution < 1.29 is 0 Å².